The van der Waals surface area contributed by atoms with E-state index in [-0.39, 0.29) is 12.4 Å². The average molecular weight is 408 g/mol. The van der Waals surface area contributed by atoms with Gasteiger partial charge < -0.3 is 4.90 Å². The highest BCUT2D eigenvalue weighted by molar-refractivity contribution is 9.10. The van der Waals surface area contributed by atoms with Gasteiger partial charge in [-0.3, -0.25) is 0 Å². The molecule has 0 aromatic heterocycles. The largest absolute Gasteiger partial charge is 0.301 e. The molecule has 0 aliphatic carbocycles. The Morgan fingerprint density at radius 2 is 1.95 bits per heavy atom. The molecule has 5 heteroatoms. The Kier molecular flexibility index (Phi) is 5.61. The minimum atomic E-state index is 0. The van der Waals surface area contributed by atoms with Crippen molar-refractivity contribution in [3.05, 3.63) is 67.6 Å². The van der Waals surface area contributed by atoms with E-state index in [1.54, 1.807) is 0 Å². The molecule has 0 saturated heterocycles. The first-order valence-electron chi connectivity index (χ1n) is 6.46. The molecule has 0 saturated carbocycles. The molecule has 2 aromatic carbocycles. The Hall–Kier alpha value is -0.250. The summed E-state index contributed by atoms with van der Waals surface area (Å²) >= 11 is 16.1. The predicted octanol–water partition coefficient (Wildman–Crippen LogP) is 5.76. The minimum Gasteiger partial charge on any atom is -0.301 e. The first-order chi connectivity index (χ1) is 9.54. The Morgan fingerprint density at radius 1 is 1.19 bits per heavy atom. The van der Waals surface area contributed by atoms with Crippen molar-refractivity contribution in [1.29, 1.82) is 0 Å². The lowest BCUT2D eigenvalue weighted by atomic mass is 9.85. The van der Waals surface area contributed by atoms with Crippen LogP contribution in [0.5, 0.6) is 0 Å². The lowest BCUT2D eigenvalue weighted by molar-refractivity contribution is 0.295. The number of benzene rings is 2. The zero-order chi connectivity index (χ0) is 14.3. The molecule has 0 N–H and O–H groups in total. The fourth-order valence-corrected chi connectivity index (χ4v) is 3.84. The first-order valence-corrected chi connectivity index (χ1v) is 8.01. The van der Waals surface area contributed by atoms with Gasteiger partial charge in [-0.2, -0.15) is 0 Å². The van der Waals surface area contributed by atoms with Gasteiger partial charge in [0.15, 0.2) is 0 Å². The molecule has 1 aliphatic heterocycles. The van der Waals surface area contributed by atoms with E-state index in [4.69, 9.17) is 23.2 Å². The molecule has 0 bridgehead atoms. The van der Waals surface area contributed by atoms with Crippen LogP contribution in [-0.4, -0.2) is 18.5 Å². The zero-order valence-electron chi connectivity index (χ0n) is 11.4. The quantitative estimate of drug-likeness (QED) is 0.581. The number of hydrogen-bond donors (Lipinski definition) is 0. The monoisotopic (exact) mass is 405 g/mol. The van der Waals surface area contributed by atoms with E-state index >= 15 is 0 Å². The third kappa shape index (κ3) is 3.57. The first kappa shape index (κ1) is 17.1. The Bertz CT molecular complexity index is 660. The number of hydrogen-bond acceptors (Lipinski definition) is 1. The van der Waals surface area contributed by atoms with Gasteiger partial charge in [0, 0.05) is 33.5 Å². The second-order valence-corrected chi connectivity index (χ2v) is 7.02. The van der Waals surface area contributed by atoms with E-state index in [0.717, 1.165) is 22.6 Å². The van der Waals surface area contributed by atoms with Crippen molar-refractivity contribution in [2.75, 3.05) is 13.6 Å². The van der Waals surface area contributed by atoms with Crippen molar-refractivity contribution in [1.82, 2.24) is 4.90 Å². The molecule has 3 rings (SSSR count). The molecule has 0 amide bonds. The minimum absolute atomic E-state index is 0. The molecule has 21 heavy (non-hydrogen) atoms. The lowest BCUT2D eigenvalue weighted by Gasteiger charge is -2.33. The molecule has 0 fully saturated rings. The summed E-state index contributed by atoms with van der Waals surface area (Å²) < 4.78 is 1.10. The van der Waals surface area contributed by atoms with Crippen molar-refractivity contribution < 1.29 is 0 Å². The summed E-state index contributed by atoms with van der Waals surface area (Å²) in [5.74, 6) is 0.303. The second-order valence-electron chi connectivity index (χ2n) is 5.26. The summed E-state index contributed by atoms with van der Waals surface area (Å²) in [5, 5.41) is 1.47. The molecule has 0 radical (unpaired) electrons. The summed E-state index contributed by atoms with van der Waals surface area (Å²) in [7, 11) is 2.12. The van der Waals surface area contributed by atoms with Crippen LogP contribution < -0.4 is 0 Å². The maximum absolute atomic E-state index is 6.38. The van der Waals surface area contributed by atoms with Crippen LogP contribution in [0.15, 0.2) is 40.9 Å². The molecule has 0 spiro atoms. The number of halogens is 4. The van der Waals surface area contributed by atoms with E-state index in [1.165, 1.54) is 16.7 Å². The molecular weight excluding hydrogens is 392 g/mol. The summed E-state index contributed by atoms with van der Waals surface area (Å²) in [6.45, 7) is 1.84. The van der Waals surface area contributed by atoms with E-state index in [2.05, 4.69) is 52.1 Å². The van der Waals surface area contributed by atoms with Crippen LogP contribution in [-0.2, 0) is 6.54 Å². The highest BCUT2D eigenvalue weighted by atomic mass is 79.9. The van der Waals surface area contributed by atoms with Gasteiger partial charge in [-0.25, -0.2) is 0 Å². The van der Waals surface area contributed by atoms with Crippen LogP contribution in [0.4, 0.5) is 0 Å². The van der Waals surface area contributed by atoms with E-state index in [9.17, 15) is 0 Å². The van der Waals surface area contributed by atoms with Crippen molar-refractivity contribution in [3.8, 4) is 0 Å². The summed E-state index contributed by atoms with van der Waals surface area (Å²) in [6.07, 6.45) is 0. The van der Waals surface area contributed by atoms with Gasteiger partial charge in [-0.1, -0.05) is 51.3 Å². The zero-order valence-corrected chi connectivity index (χ0v) is 15.4. The number of rotatable bonds is 1. The van der Waals surface area contributed by atoms with Gasteiger partial charge in [-0.05, 0) is 48.0 Å². The van der Waals surface area contributed by atoms with Gasteiger partial charge in [0.2, 0.25) is 0 Å². The van der Waals surface area contributed by atoms with Crippen molar-refractivity contribution in [2.45, 2.75) is 12.5 Å². The number of fused-ring (bicyclic) bond motifs is 1. The normalized spacial score (nSPS) is 18.0. The molecule has 1 heterocycles. The lowest BCUT2D eigenvalue weighted by Crippen LogP contribution is -2.31. The van der Waals surface area contributed by atoms with Crippen LogP contribution >= 0.6 is 51.5 Å². The van der Waals surface area contributed by atoms with Crippen LogP contribution in [0.3, 0.4) is 0 Å². The predicted molar refractivity (Wildman–Crippen MR) is 96.0 cm³/mol. The van der Waals surface area contributed by atoms with Crippen LogP contribution in [0.1, 0.15) is 22.6 Å². The highest BCUT2D eigenvalue weighted by Crippen LogP contribution is 2.38. The molecule has 0 unspecified atom stereocenters. The fourth-order valence-electron chi connectivity index (χ4n) is 2.85. The van der Waals surface area contributed by atoms with Gasteiger partial charge >= 0.3 is 0 Å². The third-order valence-corrected chi connectivity index (χ3v) is 4.79. The Labute approximate surface area is 149 Å². The fraction of sp³-hybridized carbons (Fsp3) is 0.250. The standard InChI is InChI=1S/C16H14BrCl2N.ClH/c1-20-8-14(10-3-2-4-11(17)5-10)13-6-12(18)7-16(19)15(13)9-20;/h2-7,14H,8-9H2,1H3;1H/t14-;/m0./s1. The van der Waals surface area contributed by atoms with Crippen LogP contribution in [0, 0.1) is 0 Å². The smallest absolute Gasteiger partial charge is 0.0468 e. The van der Waals surface area contributed by atoms with E-state index in [0.29, 0.717) is 10.9 Å². The van der Waals surface area contributed by atoms with E-state index in [1.807, 2.05) is 12.1 Å². The van der Waals surface area contributed by atoms with Crippen LogP contribution in [0.25, 0.3) is 0 Å². The summed E-state index contributed by atoms with van der Waals surface area (Å²) in [5.41, 5.74) is 3.72. The average Bonchev–Trinajstić information content (AvgIpc) is 2.39. The van der Waals surface area contributed by atoms with Crippen molar-refractivity contribution in [2.24, 2.45) is 0 Å². The Morgan fingerprint density at radius 3 is 2.67 bits per heavy atom. The molecule has 1 nitrogen and oxygen atoms in total. The van der Waals surface area contributed by atoms with Crippen molar-refractivity contribution in [3.63, 3.8) is 0 Å². The van der Waals surface area contributed by atoms with E-state index < -0.39 is 0 Å². The molecule has 2 aromatic rings. The number of likely N-dealkylation sites (N-methyl/N-ethyl adjacent to an activating group) is 1. The maximum atomic E-state index is 6.38. The molecule has 1 aliphatic rings. The number of nitrogens with zero attached hydrogens (tertiary/aromatic N) is 1. The van der Waals surface area contributed by atoms with Gasteiger partial charge in [0.05, 0.1) is 0 Å². The Balaban J connectivity index is 0.00000161. The third-order valence-electron chi connectivity index (χ3n) is 3.74. The van der Waals surface area contributed by atoms with Gasteiger partial charge in [0.1, 0.15) is 0 Å². The van der Waals surface area contributed by atoms with Gasteiger partial charge in [0.25, 0.3) is 0 Å². The molecule has 1 atom stereocenters. The topological polar surface area (TPSA) is 3.24 Å². The SMILES string of the molecule is CN1Cc2c(Cl)cc(Cl)cc2[C@H](c2cccc(Br)c2)C1.Cl. The van der Waals surface area contributed by atoms with Crippen LogP contribution in [0.2, 0.25) is 10.0 Å². The maximum Gasteiger partial charge on any atom is 0.0468 e. The molecular formula is C16H15BrCl3N. The second kappa shape index (κ2) is 6.89. The highest BCUT2D eigenvalue weighted by Gasteiger charge is 2.27. The molecule has 112 valence electrons. The van der Waals surface area contributed by atoms with Crippen molar-refractivity contribution >= 4 is 51.5 Å². The summed E-state index contributed by atoms with van der Waals surface area (Å²) in [6, 6.07) is 12.3. The summed E-state index contributed by atoms with van der Waals surface area (Å²) in [4.78, 5) is 2.30. The van der Waals surface area contributed by atoms with Gasteiger partial charge in [-0.15, -0.1) is 12.4 Å².